The number of hydrogen-bond acceptors (Lipinski definition) is 1. The van der Waals surface area contributed by atoms with Crippen LogP contribution in [0.5, 0.6) is 0 Å². The predicted molar refractivity (Wildman–Crippen MR) is 51.0 cm³/mol. The molecule has 0 unspecified atom stereocenters. The normalized spacial score (nSPS) is 14.4. The lowest BCUT2D eigenvalue weighted by atomic mass is 10.0. The number of rotatable bonds is 1. The van der Waals surface area contributed by atoms with Gasteiger partial charge in [0.05, 0.1) is 0 Å². The van der Waals surface area contributed by atoms with E-state index in [0.29, 0.717) is 5.71 Å². The largest absolute Gasteiger partial charge is 0.305 e. The third kappa shape index (κ3) is 1.15. The summed E-state index contributed by atoms with van der Waals surface area (Å²) in [5.74, 6) is 0. The molecule has 12 heavy (non-hydrogen) atoms. The van der Waals surface area contributed by atoms with Gasteiger partial charge in [0.1, 0.15) is 0 Å². The highest BCUT2D eigenvalue weighted by Gasteiger charge is 2.10. The van der Waals surface area contributed by atoms with Crippen molar-refractivity contribution in [1.29, 1.82) is 5.41 Å². The van der Waals surface area contributed by atoms with Crippen LogP contribution in [0, 0.1) is 5.41 Å². The van der Waals surface area contributed by atoms with Crippen LogP contribution in [-0.4, -0.2) is 5.71 Å². The molecular formula is C11H13N. The molecule has 0 atom stereocenters. The van der Waals surface area contributed by atoms with Crippen molar-refractivity contribution in [1.82, 2.24) is 0 Å². The number of fused-ring (bicyclic) bond motifs is 1. The van der Waals surface area contributed by atoms with E-state index in [1.165, 1.54) is 30.4 Å². The standard InChI is InChI=1S/C11H13N/c1-8(12)10-6-5-9-3-2-4-11(9)7-10/h5-7,12H,2-4H2,1H3. The smallest absolute Gasteiger partial charge is 0.0355 e. The zero-order valence-corrected chi connectivity index (χ0v) is 7.35. The molecule has 1 N–H and O–H groups in total. The average molecular weight is 159 g/mol. The van der Waals surface area contributed by atoms with E-state index in [0.717, 1.165) is 5.56 Å². The topological polar surface area (TPSA) is 23.9 Å². The van der Waals surface area contributed by atoms with E-state index in [1.807, 2.05) is 6.92 Å². The van der Waals surface area contributed by atoms with Gasteiger partial charge in [0, 0.05) is 5.71 Å². The first-order valence-corrected chi connectivity index (χ1v) is 4.45. The van der Waals surface area contributed by atoms with Gasteiger partial charge in [-0.05, 0) is 48.9 Å². The molecule has 1 aromatic rings. The van der Waals surface area contributed by atoms with Crippen molar-refractivity contribution in [2.24, 2.45) is 0 Å². The highest BCUT2D eigenvalue weighted by molar-refractivity contribution is 5.96. The Bertz CT molecular complexity index is 326. The fourth-order valence-corrected chi connectivity index (χ4v) is 1.81. The molecule has 0 heterocycles. The van der Waals surface area contributed by atoms with E-state index in [-0.39, 0.29) is 0 Å². The second-order valence-electron chi connectivity index (χ2n) is 3.46. The van der Waals surface area contributed by atoms with Crippen LogP contribution in [-0.2, 0) is 12.8 Å². The van der Waals surface area contributed by atoms with Gasteiger partial charge in [0.15, 0.2) is 0 Å². The van der Waals surface area contributed by atoms with E-state index in [9.17, 15) is 0 Å². The molecule has 0 saturated heterocycles. The van der Waals surface area contributed by atoms with Crippen LogP contribution in [0.4, 0.5) is 0 Å². The first-order valence-electron chi connectivity index (χ1n) is 4.45. The van der Waals surface area contributed by atoms with Crippen molar-refractivity contribution >= 4 is 5.71 Å². The summed E-state index contributed by atoms with van der Waals surface area (Å²) in [6.07, 6.45) is 3.72. The zero-order valence-electron chi connectivity index (χ0n) is 7.35. The molecule has 62 valence electrons. The van der Waals surface area contributed by atoms with Crippen LogP contribution in [0.3, 0.4) is 0 Å². The summed E-state index contributed by atoms with van der Waals surface area (Å²) in [4.78, 5) is 0. The van der Waals surface area contributed by atoms with Gasteiger partial charge >= 0.3 is 0 Å². The van der Waals surface area contributed by atoms with Gasteiger partial charge in [-0.1, -0.05) is 12.1 Å². The Morgan fingerprint density at radius 3 is 2.75 bits per heavy atom. The number of benzene rings is 1. The molecule has 1 heteroatoms. The minimum absolute atomic E-state index is 0.671. The second-order valence-corrected chi connectivity index (χ2v) is 3.46. The summed E-state index contributed by atoms with van der Waals surface area (Å²) in [6.45, 7) is 1.84. The zero-order chi connectivity index (χ0) is 8.55. The predicted octanol–water partition coefficient (Wildman–Crippen LogP) is 2.56. The molecule has 2 rings (SSSR count). The van der Waals surface area contributed by atoms with Crippen LogP contribution in [0.15, 0.2) is 18.2 Å². The van der Waals surface area contributed by atoms with Gasteiger partial charge in [0.25, 0.3) is 0 Å². The number of aryl methyl sites for hydroxylation is 2. The lowest BCUT2D eigenvalue weighted by Gasteiger charge is -2.02. The third-order valence-electron chi connectivity index (χ3n) is 2.53. The first-order chi connectivity index (χ1) is 5.77. The highest BCUT2D eigenvalue weighted by atomic mass is 14.4. The fraction of sp³-hybridized carbons (Fsp3) is 0.364. The van der Waals surface area contributed by atoms with E-state index in [1.54, 1.807) is 0 Å². The van der Waals surface area contributed by atoms with Crippen molar-refractivity contribution in [2.75, 3.05) is 0 Å². The van der Waals surface area contributed by atoms with Crippen LogP contribution in [0.1, 0.15) is 30.0 Å². The SMILES string of the molecule is CC(=N)c1ccc2c(c1)CCC2. The van der Waals surface area contributed by atoms with E-state index < -0.39 is 0 Å². The van der Waals surface area contributed by atoms with Crippen molar-refractivity contribution in [3.63, 3.8) is 0 Å². The summed E-state index contributed by atoms with van der Waals surface area (Å²) in [5.41, 5.74) is 4.69. The van der Waals surface area contributed by atoms with Crippen molar-refractivity contribution in [2.45, 2.75) is 26.2 Å². The summed E-state index contributed by atoms with van der Waals surface area (Å²) in [6, 6.07) is 6.41. The first kappa shape index (κ1) is 7.53. The number of nitrogens with one attached hydrogen (secondary N) is 1. The minimum Gasteiger partial charge on any atom is -0.305 e. The summed E-state index contributed by atoms with van der Waals surface area (Å²) < 4.78 is 0. The van der Waals surface area contributed by atoms with Crippen LogP contribution in [0.25, 0.3) is 0 Å². The lowest BCUT2D eigenvalue weighted by molar-refractivity contribution is 0.912. The molecule has 1 aromatic carbocycles. The monoisotopic (exact) mass is 159 g/mol. The molecule has 0 fully saturated rings. The Kier molecular flexibility index (Phi) is 1.72. The highest BCUT2D eigenvalue weighted by Crippen LogP contribution is 2.22. The summed E-state index contributed by atoms with van der Waals surface area (Å²) in [7, 11) is 0. The maximum Gasteiger partial charge on any atom is 0.0355 e. The molecule has 1 aliphatic carbocycles. The Balaban J connectivity index is 2.45. The second kappa shape index (κ2) is 2.74. The maximum absolute atomic E-state index is 7.50. The molecular weight excluding hydrogens is 146 g/mol. The Hall–Kier alpha value is -1.11. The Labute approximate surface area is 72.9 Å². The number of hydrogen-bond donors (Lipinski definition) is 1. The van der Waals surface area contributed by atoms with Gasteiger partial charge in [0.2, 0.25) is 0 Å². The van der Waals surface area contributed by atoms with Gasteiger partial charge in [-0.15, -0.1) is 0 Å². The Morgan fingerprint density at radius 1 is 1.25 bits per heavy atom. The van der Waals surface area contributed by atoms with Gasteiger partial charge in [-0.25, -0.2) is 0 Å². The van der Waals surface area contributed by atoms with Gasteiger partial charge < -0.3 is 5.41 Å². The van der Waals surface area contributed by atoms with E-state index in [4.69, 9.17) is 5.41 Å². The maximum atomic E-state index is 7.50. The van der Waals surface area contributed by atoms with Crippen molar-refractivity contribution < 1.29 is 0 Å². The molecule has 0 amide bonds. The summed E-state index contributed by atoms with van der Waals surface area (Å²) in [5, 5.41) is 7.50. The molecule has 1 nitrogen and oxygen atoms in total. The lowest BCUT2D eigenvalue weighted by Crippen LogP contribution is -1.93. The molecule has 0 saturated carbocycles. The van der Waals surface area contributed by atoms with E-state index >= 15 is 0 Å². The van der Waals surface area contributed by atoms with Crippen LogP contribution >= 0.6 is 0 Å². The Morgan fingerprint density at radius 2 is 2.00 bits per heavy atom. The molecule has 0 bridgehead atoms. The van der Waals surface area contributed by atoms with Crippen molar-refractivity contribution in [3.05, 3.63) is 34.9 Å². The minimum atomic E-state index is 0.671. The van der Waals surface area contributed by atoms with Gasteiger partial charge in [-0.2, -0.15) is 0 Å². The van der Waals surface area contributed by atoms with E-state index in [2.05, 4.69) is 18.2 Å². The molecule has 0 spiro atoms. The van der Waals surface area contributed by atoms with Crippen LogP contribution in [0.2, 0.25) is 0 Å². The van der Waals surface area contributed by atoms with Crippen molar-refractivity contribution in [3.8, 4) is 0 Å². The fourth-order valence-electron chi connectivity index (χ4n) is 1.81. The molecule has 0 radical (unpaired) electrons. The molecule has 1 aliphatic rings. The molecule has 0 aliphatic heterocycles. The average Bonchev–Trinajstić information content (AvgIpc) is 2.49. The quantitative estimate of drug-likeness (QED) is 0.609. The summed E-state index contributed by atoms with van der Waals surface area (Å²) >= 11 is 0. The third-order valence-corrected chi connectivity index (χ3v) is 2.53. The molecule has 0 aromatic heterocycles. The van der Waals surface area contributed by atoms with Gasteiger partial charge in [-0.3, -0.25) is 0 Å². The van der Waals surface area contributed by atoms with Crippen LogP contribution < -0.4 is 0 Å².